The highest BCUT2D eigenvalue weighted by atomic mass is 79.9. The largest absolute Gasteiger partial charge is 0.510 e. The van der Waals surface area contributed by atoms with Gasteiger partial charge in [-0.1, -0.05) is 39.8 Å². The third-order valence-corrected chi connectivity index (χ3v) is 6.98. The zero-order chi connectivity index (χ0) is 21.3. The molecule has 150 valence electrons. The van der Waals surface area contributed by atoms with Crippen molar-refractivity contribution in [1.29, 1.82) is 5.26 Å². The Bertz CT molecular complexity index is 1370. The van der Waals surface area contributed by atoms with E-state index in [-0.39, 0.29) is 22.6 Å². The fraction of sp³-hybridized carbons (Fsp3) is 0.143. The summed E-state index contributed by atoms with van der Waals surface area (Å²) in [5, 5.41) is 21.7. The molecule has 1 N–H and O–H groups in total. The van der Waals surface area contributed by atoms with Gasteiger partial charge in [0.1, 0.15) is 22.4 Å². The Hall–Kier alpha value is -2.67. The minimum absolute atomic E-state index is 0.0886. The van der Waals surface area contributed by atoms with Gasteiger partial charge >= 0.3 is 0 Å². The van der Waals surface area contributed by atoms with Crippen LogP contribution >= 0.6 is 39.0 Å². The molecular formula is C21H15BrN4O2S2. The minimum Gasteiger partial charge on any atom is -0.510 e. The molecule has 2 aromatic heterocycles. The second-order valence-electron chi connectivity index (χ2n) is 6.31. The van der Waals surface area contributed by atoms with Crippen LogP contribution in [0.4, 0.5) is 0 Å². The molecule has 0 saturated heterocycles. The number of thiazole rings is 1. The van der Waals surface area contributed by atoms with Gasteiger partial charge in [0.2, 0.25) is 0 Å². The normalized spacial score (nSPS) is 12.2. The third-order valence-electron chi connectivity index (χ3n) is 4.44. The summed E-state index contributed by atoms with van der Waals surface area (Å²) in [5.41, 5.74) is 1.37. The van der Waals surface area contributed by atoms with Crippen LogP contribution in [0.25, 0.3) is 26.7 Å². The first-order valence-electron chi connectivity index (χ1n) is 9.03. The first kappa shape index (κ1) is 20.6. The molecule has 0 spiro atoms. The van der Waals surface area contributed by atoms with Gasteiger partial charge in [0.05, 0.1) is 26.9 Å². The van der Waals surface area contributed by atoms with Gasteiger partial charge in [0.15, 0.2) is 5.16 Å². The number of benzene rings is 2. The average Bonchev–Trinajstić information content (AvgIpc) is 3.17. The molecule has 0 radical (unpaired) electrons. The molecule has 0 unspecified atom stereocenters. The average molecular weight is 499 g/mol. The van der Waals surface area contributed by atoms with Crippen molar-refractivity contribution in [3.8, 4) is 6.07 Å². The van der Waals surface area contributed by atoms with Crippen LogP contribution in [0.2, 0.25) is 0 Å². The van der Waals surface area contributed by atoms with Gasteiger partial charge in [-0.15, -0.1) is 11.3 Å². The zero-order valence-electron chi connectivity index (χ0n) is 15.8. The van der Waals surface area contributed by atoms with E-state index in [1.165, 1.54) is 23.1 Å². The number of hydrogen-bond acceptors (Lipinski definition) is 7. The van der Waals surface area contributed by atoms with Gasteiger partial charge in [0.25, 0.3) is 5.56 Å². The number of halogens is 1. The number of nitriles is 1. The molecule has 4 rings (SSSR count). The Labute approximate surface area is 188 Å². The van der Waals surface area contributed by atoms with Crippen LogP contribution in [-0.4, -0.2) is 25.4 Å². The highest BCUT2D eigenvalue weighted by Crippen LogP contribution is 2.30. The number of fused-ring (bicyclic) bond motifs is 2. The Kier molecular flexibility index (Phi) is 5.90. The monoisotopic (exact) mass is 498 g/mol. The summed E-state index contributed by atoms with van der Waals surface area (Å²) < 4.78 is 3.33. The lowest BCUT2D eigenvalue weighted by molar-refractivity contribution is 0.420. The smallest absolute Gasteiger partial charge is 0.262 e. The first-order valence-corrected chi connectivity index (χ1v) is 11.6. The zero-order valence-corrected chi connectivity index (χ0v) is 19.0. The molecule has 0 amide bonds. The van der Waals surface area contributed by atoms with E-state index in [1.807, 2.05) is 37.3 Å². The Morgan fingerprint density at radius 3 is 2.80 bits per heavy atom. The van der Waals surface area contributed by atoms with Crippen LogP contribution in [0.1, 0.15) is 11.9 Å². The molecule has 30 heavy (non-hydrogen) atoms. The van der Waals surface area contributed by atoms with Crippen LogP contribution in [0, 0.1) is 11.3 Å². The number of aliphatic hydroxyl groups excluding tert-OH is 1. The van der Waals surface area contributed by atoms with E-state index in [2.05, 4.69) is 32.0 Å². The van der Waals surface area contributed by atoms with E-state index in [0.29, 0.717) is 27.6 Å². The molecule has 4 aromatic rings. The Morgan fingerprint density at radius 2 is 2.07 bits per heavy atom. The van der Waals surface area contributed by atoms with E-state index in [4.69, 9.17) is 0 Å². The van der Waals surface area contributed by atoms with Crippen molar-refractivity contribution in [2.24, 2.45) is 0 Å². The number of para-hydroxylation sites is 1. The minimum atomic E-state index is -0.138. The highest BCUT2D eigenvalue weighted by Gasteiger charge is 2.16. The summed E-state index contributed by atoms with van der Waals surface area (Å²) in [7, 11) is 0. The summed E-state index contributed by atoms with van der Waals surface area (Å²) in [5.74, 6) is 0.0159. The van der Waals surface area contributed by atoms with E-state index in [0.717, 1.165) is 14.7 Å². The molecule has 0 saturated carbocycles. The Balaban J connectivity index is 1.69. The molecule has 0 bridgehead atoms. The number of hydrogen-bond donors (Lipinski definition) is 1. The molecule has 2 heterocycles. The van der Waals surface area contributed by atoms with Crippen molar-refractivity contribution in [2.75, 3.05) is 5.75 Å². The number of allylic oxidation sites excluding steroid dienone is 1. The summed E-state index contributed by atoms with van der Waals surface area (Å²) in [4.78, 5) is 21.9. The summed E-state index contributed by atoms with van der Waals surface area (Å²) in [6.07, 6.45) is 0. The molecule has 0 aliphatic rings. The van der Waals surface area contributed by atoms with Crippen LogP contribution in [0.5, 0.6) is 0 Å². The van der Waals surface area contributed by atoms with Gasteiger partial charge in [-0.2, -0.15) is 5.26 Å². The van der Waals surface area contributed by atoms with Crippen molar-refractivity contribution in [3.05, 3.63) is 68.1 Å². The van der Waals surface area contributed by atoms with E-state index in [9.17, 15) is 15.2 Å². The molecule has 2 aromatic carbocycles. The predicted molar refractivity (Wildman–Crippen MR) is 125 cm³/mol. The number of aliphatic hydroxyl groups is 1. The second kappa shape index (κ2) is 8.60. The summed E-state index contributed by atoms with van der Waals surface area (Å²) >= 11 is 5.96. The predicted octanol–water partition coefficient (Wildman–Crippen LogP) is 5.37. The summed E-state index contributed by atoms with van der Waals surface area (Å²) in [6, 6.07) is 15.0. The summed E-state index contributed by atoms with van der Waals surface area (Å²) in [6.45, 7) is 2.32. The number of thioether (sulfide) groups is 1. The lowest BCUT2D eigenvalue weighted by Crippen LogP contribution is -2.22. The molecule has 0 atom stereocenters. The van der Waals surface area contributed by atoms with Gasteiger partial charge in [-0.25, -0.2) is 9.97 Å². The first-order chi connectivity index (χ1) is 14.5. The van der Waals surface area contributed by atoms with Gasteiger partial charge in [0, 0.05) is 11.0 Å². The number of nitrogens with zero attached hydrogens (tertiary/aromatic N) is 4. The van der Waals surface area contributed by atoms with Crippen LogP contribution in [-0.2, 0) is 6.54 Å². The van der Waals surface area contributed by atoms with Crippen molar-refractivity contribution < 1.29 is 5.11 Å². The maximum atomic E-state index is 12.8. The van der Waals surface area contributed by atoms with E-state index in [1.54, 1.807) is 16.7 Å². The van der Waals surface area contributed by atoms with E-state index < -0.39 is 0 Å². The van der Waals surface area contributed by atoms with Crippen LogP contribution < -0.4 is 5.56 Å². The quantitative estimate of drug-likeness (QED) is 0.172. The second-order valence-corrected chi connectivity index (χ2v) is 9.20. The topological polar surface area (TPSA) is 91.8 Å². The van der Waals surface area contributed by atoms with Crippen molar-refractivity contribution in [1.82, 2.24) is 14.5 Å². The van der Waals surface area contributed by atoms with Crippen LogP contribution in [0.3, 0.4) is 0 Å². The van der Waals surface area contributed by atoms with Crippen molar-refractivity contribution in [3.63, 3.8) is 0 Å². The lowest BCUT2D eigenvalue weighted by atomic mass is 10.2. The molecule has 0 fully saturated rings. The Morgan fingerprint density at radius 1 is 1.27 bits per heavy atom. The third kappa shape index (κ3) is 3.86. The number of rotatable bonds is 5. The standard InChI is InChI=1S/C21H15BrN4O2S2/c1-2-26-20(28)13-9-12(22)7-8-15(13)25-21(26)29-11-17(27)14(10-23)19-24-16-5-3-4-6-18(16)30-19/h3-9,27H,2,11H2,1H3/b17-14-. The van der Waals surface area contributed by atoms with Gasteiger partial charge < -0.3 is 5.11 Å². The maximum absolute atomic E-state index is 12.8. The van der Waals surface area contributed by atoms with Crippen molar-refractivity contribution in [2.45, 2.75) is 18.6 Å². The van der Waals surface area contributed by atoms with Crippen molar-refractivity contribution >= 4 is 65.7 Å². The van der Waals surface area contributed by atoms with Gasteiger partial charge in [-0.05, 0) is 37.3 Å². The molecule has 0 aliphatic heterocycles. The van der Waals surface area contributed by atoms with E-state index >= 15 is 0 Å². The molecule has 9 heteroatoms. The maximum Gasteiger partial charge on any atom is 0.262 e. The fourth-order valence-electron chi connectivity index (χ4n) is 2.98. The SMILES string of the molecule is CCn1c(SC/C(O)=C(\C#N)c2nc3ccccc3s2)nc2ccc(Br)cc2c1=O. The lowest BCUT2D eigenvalue weighted by Gasteiger charge is -2.11. The molecular weight excluding hydrogens is 484 g/mol. The number of aromatic nitrogens is 3. The van der Waals surface area contributed by atoms with Crippen LogP contribution in [0.15, 0.2) is 62.6 Å². The fourth-order valence-corrected chi connectivity index (χ4v) is 5.27. The highest BCUT2D eigenvalue weighted by molar-refractivity contribution is 9.10. The molecule has 0 aliphatic carbocycles. The molecule has 6 nitrogen and oxygen atoms in total. The van der Waals surface area contributed by atoms with Gasteiger partial charge in [-0.3, -0.25) is 9.36 Å².